The summed E-state index contributed by atoms with van der Waals surface area (Å²) in [7, 11) is 3.24. The molecule has 0 saturated carbocycles. The normalized spacial score (nSPS) is 13.1. The molecule has 144 valence electrons. The van der Waals surface area contributed by atoms with E-state index >= 15 is 0 Å². The number of carbonyl (C=O) groups is 1. The zero-order chi connectivity index (χ0) is 19.2. The molecule has 2 heterocycles. The van der Waals surface area contributed by atoms with Crippen LogP contribution in [0.3, 0.4) is 0 Å². The van der Waals surface area contributed by atoms with Gasteiger partial charge in [0.05, 0.1) is 14.2 Å². The van der Waals surface area contributed by atoms with Gasteiger partial charge in [0.15, 0.2) is 17.2 Å². The van der Waals surface area contributed by atoms with Crippen molar-refractivity contribution in [2.45, 2.75) is 32.7 Å². The molecule has 1 aliphatic rings. The van der Waals surface area contributed by atoms with E-state index in [0.29, 0.717) is 36.1 Å². The molecule has 7 nitrogen and oxygen atoms in total. The van der Waals surface area contributed by atoms with E-state index in [9.17, 15) is 4.79 Å². The molecule has 0 radical (unpaired) electrons. The number of amides is 1. The minimum Gasteiger partial charge on any atom is -0.493 e. The van der Waals surface area contributed by atoms with Crippen molar-refractivity contribution in [2.75, 3.05) is 32.6 Å². The van der Waals surface area contributed by atoms with Gasteiger partial charge in [0.2, 0.25) is 0 Å². The second-order valence-corrected chi connectivity index (χ2v) is 6.54. The van der Waals surface area contributed by atoms with Gasteiger partial charge in [0.1, 0.15) is 5.82 Å². The first-order valence-electron chi connectivity index (χ1n) is 9.27. The summed E-state index contributed by atoms with van der Waals surface area (Å²) < 4.78 is 10.7. The molecule has 1 aromatic heterocycles. The highest BCUT2D eigenvalue weighted by molar-refractivity contribution is 5.92. The van der Waals surface area contributed by atoms with Crippen LogP contribution in [0.1, 0.15) is 41.4 Å². The third-order valence-corrected chi connectivity index (χ3v) is 4.73. The number of anilines is 1. The Morgan fingerprint density at radius 1 is 1.15 bits per heavy atom. The Morgan fingerprint density at radius 3 is 2.52 bits per heavy atom. The van der Waals surface area contributed by atoms with Crippen molar-refractivity contribution in [2.24, 2.45) is 0 Å². The molecule has 0 unspecified atom stereocenters. The average Bonchev–Trinajstić information content (AvgIpc) is 2.72. The molecule has 1 amide bonds. The van der Waals surface area contributed by atoms with Crippen LogP contribution >= 0.6 is 0 Å². The summed E-state index contributed by atoms with van der Waals surface area (Å²) in [6.45, 7) is 4.15. The number of aromatic nitrogens is 2. The fraction of sp³-hybridized carbons (Fsp3) is 0.450. The number of benzene rings is 1. The number of methoxy groups -OCH3 is 2. The van der Waals surface area contributed by atoms with Gasteiger partial charge in [-0.25, -0.2) is 0 Å². The molecule has 1 N–H and O–H groups in total. The Labute approximate surface area is 159 Å². The fourth-order valence-electron chi connectivity index (χ4n) is 3.15. The third-order valence-electron chi connectivity index (χ3n) is 4.73. The lowest BCUT2D eigenvalue weighted by atomic mass is 9.98. The molecule has 2 aromatic rings. The molecule has 0 fully saturated rings. The standard InChI is InChI=1S/C20H26N4O3/c1-4-5-9-21-19-7-6-16(22-23-19)20(25)24-10-8-14-11-17(26-2)18(27-3)12-15(14)13-24/h6-7,11-12H,4-5,8-10,13H2,1-3H3,(H,21,23). The smallest absolute Gasteiger partial charge is 0.274 e. The predicted molar refractivity (Wildman–Crippen MR) is 103 cm³/mol. The van der Waals surface area contributed by atoms with E-state index in [0.717, 1.165) is 31.4 Å². The van der Waals surface area contributed by atoms with Gasteiger partial charge in [0.25, 0.3) is 5.91 Å². The van der Waals surface area contributed by atoms with Crippen LogP contribution in [-0.4, -0.2) is 48.3 Å². The van der Waals surface area contributed by atoms with Crippen molar-refractivity contribution >= 4 is 11.7 Å². The van der Waals surface area contributed by atoms with Crippen LogP contribution in [0.4, 0.5) is 5.82 Å². The van der Waals surface area contributed by atoms with Crippen LogP contribution in [0, 0.1) is 0 Å². The average molecular weight is 370 g/mol. The van der Waals surface area contributed by atoms with Crippen LogP contribution in [0.2, 0.25) is 0 Å². The number of ether oxygens (including phenoxy) is 2. The Hall–Kier alpha value is -2.83. The van der Waals surface area contributed by atoms with E-state index < -0.39 is 0 Å². The Kier molecular flexibility index (Phi) is 6.11. The number of carbonyl (C=O) groups excluding carboxylic acids is 1. The van der Waals surface area contributed by atoms with E-state index in [-0.39, 0.29) is 5.91 Å². The van der Waals surface area contributed by atoms with E-state index in [1.54, 1.807) is 25.2 Å². The molecule has 0 saturated heterocycles. The molecular weight excluding hydrogens is 344 g/mol. The van der Waals surface area contributed by atoms with Crippen LogP contribution in [-0.2, 0) is 13.0 Å². The minimum absolute atomic E-state index is 0.108. The molecule has 0 spiro atoms. The number of fused-ring (bicyclic) bond motifs is 1. The molecule has 27 heavy (non-hydrogen) atoms. The van der Waals surface area contributed by atoms with Gasteiger partial charge >= 0.3 is 0 Å². The van der Waals surface area contributed by atoms with Gasteiger partial charge in [-0.15, -0.1) is 10.2 Å². The lowest BCUT2D eigenvalue weighted by molar-refractivity contribution is 0.0727. The van der Waals surface area contributed by atoms with Gasteiger partial charge in [-0.3, -0.25) is 4.79 Å². The molecule has 0 bridgehead atoms. The van der Waals surface area contributed by atoms with Gasteiger partial charge in [-0.05, 0) is 48.2 Å². The number of nitrogens with zero attached hydrogens (tertiary/aromatic N) is 3. The predicted octanol–water partition coefficient (Wildman–Crippen LogP) is 2.90. The van der Waals surface area contributed by atoms with Gasteiger partial charge < -0.3 is 19.7 Å². The van der Waals surface area contributed by atoms with Crippen molar-refractivity contribution in [1.82, 2.24) is 15.1 Å². The molecule has 0 aliphatic carbocycles. The second kappa shape index (κ2) is 8.70. The van der Waals surface area contributed by atoms with Crippen molar-refractivity contribution in [3.8, 4) is 11.5 Å². The van der Waals surface area contributed by atoms with Crippen molar-refractivity contribution in [1.29, 1.82) is 0 Å². The van der Waals surface area contributed by atoms with Gasteiger partial charge in [0, 0.05) is 19.6 Å². The molecule has 0 atom stereocenters. The number of hydrogen-bond acceptors (Lipinski definition) is 6. The number of unbranched alkanes of at least 4 members (excludes halogenated alkanes) is 1. The second-order valence-electron chi connectivity index (χ2n) is 6.54. The first kappa shape index (κ1) is 18.9. The molecule has 7 heteroatoms. The summed E-state index contributed by atoms with van der Waals surface area (Å²) in [6, 6.07) is 7.47. The quantitative estimate of drug-likeness (QED) is 0.755. The topological polar surface area (TPSA) is 76.6 Å². The third kappa shape index (κ3) is 4.30. The van der Waals surface area contributed by atoms with Crippen LogP contribution in [0.5, 0.6) is 11.5 Å². The van der Waals surface area contributed by atoms with Gasteiger partial charge in [-0.1, -0.05) is 13.3 Å². The summed E-state index contributed by atoms with van der Waals surface area (Å²) >= 11 is 0. The molecule has 1 aliphatic heterocycles. The maximum atomic E-state index is 12.8. The Balaban J connectivity index is 1.70. The molecular formula is C20H26N4O3. The first-order valence-corrected chi connectivity index (χ1v) is 9.27. The monoisotopic (exact) mass is 370 g/mol. The maximum Gasteiger partial charge on any atom is 0.274 e. The zero-order valence-electron chi connectivity index (χ0n) is 16.1. The van der Waals surface area contributed by atoms with E-state index in [1.165, 1.54) is 5.56 Å². The van der Waals surface area contributed by atoms with Crippen LogP contribution in [0.25, 0.3) is 0 Å². The lowest BCUT2D eigenvalue weighted by Gasteiger charge is -2.29. The zero-order valence-corrected chi connectivity index (χ0v) is 16.1. The maximum absolute atomic E-state index is 12.8. The summed E-state index contributed by atoms with van der Waals surface area (Å²) in [5.41, 5.74) is 2.61. The number of hydrogen-bond donors (Lipinski definition) is 1. The molecule has 3 rings (SSSR count). The van der Waals surface area contributed by atoms with Crippen LogP contribution < -0.4 is 14.8 Å². The van der Waals surface area contributed by atoms with Crippen molar-refractivity contribution in [3.05, 3.63) is 41.1 Å². The minimum atomic E-state index is -0.108. The summed E-state index contributed by atoms with van der Waals surface area (Å²) in [5.74, 6) is 1.98. The van der Waals surface area contributed by atoms with Crippen LogP contribution in [0.15, 0.2) is 24.3 Å². The van der Waals surface area contributed by atoms with E-state index in [4.69, 9.17) is 9.47 Å². The lowest BCUT2D eigenvalue weighted by Crippen LogP contribution is -2.36. The van der Waals surface area contributed by atoms with E-state index in [1.807, 2.05) is 18.2 Å². The van der Waals surface area contributed by atoms with Crippen molar-refractivity contribution in [3.63, 3.8) is 0 Å². The Morgan fingerprint density at radius 2 is 1.89 bits per heavy atom. The first-order chi connectivity index (χ1) is 13.2. The highest BCUT2D eigenvalue weighted by Crippen LogP contribution is 2.33. The van der Waals surface area contributed by atoms with Crippen molar-refractivity contribution < 1.29 is 14.3 Å². The number of rotatable bonds is 7. The Bertz CT molecular complexity index is 793. The number of nitrogens with one attached hydrogen (secondary N) is 1. The summed E-state index contributed by atoms with van der Waals surface area (Å²) in [5, 5.41) is 11.4. The molecule has 1 aromatic carbocycles. The highest BCUT2D eigenvalue weighted by atomic mass is 16.5. The highest BCUT2D eigenvalue weighted by Gasteiger charge is 2.24. The van der Waals surface area contributed by atoms with Gasteiger partial charge in [-0.2, -0.15) is 0 Å². The fourth-order valence-corrected chi connectivity index (χ4v) is 3.15. The summed E-state index contributed by atoms with van der Waals surface area (Å²) in [6.07, 6.45) is 2.96. The largest absolute Gasteiger partial charge is 0.493 e. The SMILES string of the molecule is CCCCNc1ccc(C(=O)N2CCc3cc(OC)c(OC)cc3C2)nn1. The van der Waals surface area contributed by atoms with E-state index in [2.05, 4.69) is 22.4 Å². The summed E-state index contributed by atoms with van der Waals surface area (Å²) in [4.78, 5) is 14.6.